The molecule has 102 valence electrons. The fourth-order valence-electron chi connectivity index (χ4n) is 1.75. The number of carbonyl (C=O) groups is 1. The standard InChI is InChI=1S/C14H18N2O3/c1-10-5-6-12(11(8-10)9-15)16-13(14(17)18)4-3-7-19-2/h5-6,8,13,16H,3-4,7H2,1-2H3,(H,17,18). The number of hydrogen-bond donors (Lipinski definition) is 2. The van der Waals surface area contributed by atoms with Gasteiger partial charge in [-0.3, -0.25) is 0 Å². The van der Waals surface area contributed by atoms with Crippen molar-refractivity contribution in [3.05, 3.63) is 29.3 Å². The Morgan fingerprint density at radius 1 is 1.58 bits per heavy atom. The van der Waals surface area contributed by atoms with Crippen molar-refractivity contribution in [2.75, 3.05) is 19.0 Å². The second-order valence-electron chi connectivity index (χ2n) is 4.33. The van der Waals surface area contributed by atoms with Gasteiger partial charge in [0.1, 0.15) is 12.1 Å². The maximum Gasteiger partial charge on any atom is 0.326 e. The summed E-state index contributed by atoms with van der Waals surface area (Å²) >= 11 is 0. The van der Waals surface area contributed by atoms with E-state index in [0.717, 1.165) is 5.56 Å². The minimum absolute atomic E-state index is 0.446. The van der Waals surface area contributed by atoms with Gasteiger partial charge in [-0.2, -0.15) is 5.26 Å². The molecule has 0 aliphatic rings. The number of nitriles is 1. The molecule has 0 aliphatic heterocycles. The van der Waals surface area contributed by atoms with Gasteiger partial charge in [-0.05, 0) is 37.5 Å². The second-order valence-corrected chi connectivity index (χ2v) is 4.33. The van der Waals surface area contributed by atoms with Crippen molar-refractivity contribution >= 4 is 11.7 Å². The summed E-state index contributed by atoms with van der Waals surface area (Å²) in [6.07, 6.45) is 1.09. The van der Waals surface area contributed by atoms with Gasteiger partial charge in [0.05, 0.1) is 11.3 Å². The molecule has 1 unspecified atom stereocenters. The van der Waals surface area contributed by atoms with E-state index < -0.39 is 12.0 Å². The van der Waals surface area contributed by atoms with Gasteiger partial charge in [0.15, 0.2) is 0 Å². The Morgan fingerprint density at radius 3 is 2.89 bits per heavy atom. The first-order valence-electron chi connectivity index (χ1n) is 6.07. The Kier molecular flexibility index (Phi) is 5.83. The largest absolute Gasteiger partial charge is 0.480 e. The van der Waals surface area contributed by atoms with E-state index in [0.29, 0.717) is 30.7 Å². The highest BCUT2D eigenvalue weighted by Crippen LogP contribution is 2.18. The minimum atomic E-state index is -0.930. The summed E-state index contributed by atoms with van der Waals surface area (Å²) in [6.45, 7) is 2.41. The lowest BCUT2D eigenvalue weighted by molar-refractivity contribution is -0.138. The maximum atomic E-state index is 11.2. The molecule has 0 saturated heterocycles. The number of carboxylic acid groups (broad SMARTS) is 1. The zero-order valence-corrected chi connectivity index (χ0v) is 11.1. The number of nitrogens with one attached hydrogen (secondary N) is 1. The van der Waals surface area contributed by atoms with Gasteiger partial charge < -0.3 is 15.2 Å². The van der Waals surface area contributed by atoms with Crippen LogP contribution in [0.3, 0.4) is 0 Å². The number of aliphatic carboxylic acids is 1. The number of benzene rings is 1. The van der Waals surface area contributed by atoms with Crippen LogP contribution in [0.1, 0.15) is 24.0 Å². The zero-order valence-electron chi connectivity index (χ0n) is 11.1. The number of nitrogens with zero attached hydrogens (tertiary/aromatic N) is 1. The zero-order chi connectivity index (χ0) is 14.3. The molecule has 0 saturated carbocycles. The van der Waals surface area contributed by atoms with Crippen molar-refractivity contribution in [2.45, 2.75) is 25.8 Å². The van der Waals surface area contributed by atoms with E-state index in [1.807, 2.05) is 13.0 Å². The van der Waals surface area contributed by atoms with E-state index in [-0.39, 0.29) is 0 Å². The van der Waals surface area contributed by atoms with Crippen LogP contribution in [0.25, 0.3) is 0 Å². The first kappa shape index (κ1) is 15.0. The van der Waals surface area contributed by atoms with Crippen molar-refractivity contribution in [3.63, 3.8) is 0 Å². The summed E-state index contributed by atoms with van der Waals surface area (Å²) in [5.74, 6) is -0.930. The molecule has 1 atom stereocenters. The molecule has 0 aromatic heterocycles. The highest BCUT2D eigenvalue weighted by Gasteiger charge is 2.18. The van der Waals surface area contributed by atoms with Gasteiger partial charge >= 0.3 is 5.97 Å². The maximum absolute atomic E-state index is 11.2. The summed E-state index contributed by atoms with van der Waals surface area (Å²) in [7, 11) is 1.58. The smallest absolute Gasteiger partial charge is 0.326 e. The predicted molar refractivity (Wildman–Crippen MR) is 72.1 cm³/mol. The van der Waals surface area contributed by atoms with Gasteiger partial charge in [-0.1, -0.05) is 6.07 Å². The first-order chi connectivity index (χ1) is 9.08. The summed E-state index contributed by atoms with van der Waals surface area (Å²) in [5, 5.41) is 21.1. The minimum Gasteiger partial charge on any atom is -0.480 e. The van der Waals surface area contributed by atoms with Crippen LogP contribution in [0.4, 0.5) is 5.69 Å². The number of anilines is 1. The van der Waals surface area contributed by atoms with Gasteiger partial charge in [-0.25, -0.2) is 4.79 Å². The highest BCUT2D eigenvalue weighted by atomic mass is 16.5. The Morgan fingerprint density at radius 2 is 2.32 bits per heavy atom. The van der Waals surface area contributed by atoms with Crippen LogP contribution in [0.2, 0.25) is 0 Å². The van der Waals surface area contributed by atoms with Crippen LogP contribution in [0, 0.1) is 18.3 Å². The Labute approximate surface area is 112 Å². The van der Waals surface area contributed by atoms with Crippen LogP contribution < -0.4 is 5.32 Å². The van der Waals surface area contributed by atoms with Crippen molar-refractivity contribution in [3.8, 4) is 6.07 Å². The third-order valence-electron chi connectivity index (χ3n) is 2.76. The van der Waals surface area contributed by atoms with Crippen LogP contribution in [-0.4, -0.2) is 30.8 Å². The summed E-state index contributed by atoms with van der Waals surface area (Å²) in [4.78, 5) is 11.2. The number of ether oxygens (including phenoxy) is 1. The van der Waals surface area contributed by atoms with Crippen molar-refractivity contribution < 1.29 is 14.6 Å². The van der Waals surface area contributed by atoms with Gasteiger partial charge in [-0.15, -0.1) is 0 Å². The van der Waals surface area contributed by atoms with E-state index in [9.17, 15) is 4.79 Å². The van der Waals surface area contributed by atoms with Gasteiger partial charge in [0, 0.05) is 13.7 Å². The number of carboxylic acids is 1. The Hall–Kier alpha value is -2.06. The number of hydrogen-bond acceptors (Lipinski definition) is 4. The monoisotopic (exact) mass is 262 g/mol. The molecule has 1 aromatic rings. The average Bonchev–Trinajstić information content (AvgIpc) is 2.39. The van der Waals surface area contributed by atoms with Crippen LogP contribution >= 0.6 is 0 Å². The molecule has 0 radical (unpaired) electrons. The molecule has 0 amide bonds. The normalized spacial score (nSPS) is 11.6. The lowest BCUT2D eigenvalue weighted by Crippen LogP contribution is -2.29. The molecule has 0 fully saturated rings. The van der Waals surface area contributed by atoms with Gasteiger partial charge in [0.25, 0.3) is 0 Å². The number of methoxy groups -OCH3 is 1. The fraction of sp³-hybridized carbons (Fsp3) is 0.429. The lowest BCUT2D eigenvalue weighted by Gasteiger charge is -2.16. The van der Waals surface area contributed by atoms with Crippen LogP contribution in [-0.2, 0) is 9.53 Å². The van der Waals surface area contributed by atoms with Crippen molar-refractivity contribution in [1.29, 1.82) is 5.26 Å². The first-order valence-corrected chi connectivity index (χ1v) is 6.07. The lowest BCUT2D eigenvalue weighted by atomic mass is 10.1. The van der Waals surface area contributed by atoms with Crippen molar-refractivity contribution in [1.82, 2.24) is 0 Å². The molecular weight excluding hydrogens is 244 g/mol. The molecule has 5 nitrogen and oxygen atoms in total. The topological polar surface area (TPSA) is 82.3 Å². The second kappa shape index (κ2) is 7.39. The van der Waals surface area contributed by atoms with Gasteiger partial charge in [0.2, 0.25) is 0 Å². The molecule has 0 spiro atoms. The van der Waals surface area contributed by atoms with Crippen molar-refractivity contribution in [2.24, 2.45) is 0 Å². The third-order valence-corrected chi connectivity index (χ3v) is 2.76. The van der Waals surface area contributed by atoms with Crippen LogP contribution in [0.15, 0.2) is 18.2 Å². The molecule has 5 heteroatoms. The molecule has 1 rings (SSSR count). The quantitative estimate of drug-likeness (QED) is 0.736. The predicted octanol–water partition coefficient (Wildman–Crippen LogP) is 2.16. The summed E-state index contributed by atoms with van der Waals surface area (Å²) in [6, 6.07) is 6.66. The van der Waals surface area contributed by atoms with E-state index in [4.69, 9.17) is 15.1 Å². The van der Waals surface area contributed by atoms with Crippen LogP contribution in [0.5, 0.6) is 0 Å². The third kappa shape index (κ3) is 4.60. The van der Waals surface area contributed by atoms with E-state index >= 15 is 0 Å². The molecule has 1 aromatic carbocycles. The van der Waals surface area contributed by atoms with E-state index in [1.54, 1.807) is 19.2 Å². The fourth-order valence-corrected chi connectivity index (χ4v) is 1.75. The highest BCUT2D eigenvalue weighted by molar-refractivity contribution is 5.78. The molecular formula is C14H18N2O3. The molecule has 0 bridgehead atoms. The molecule has 0 heterocycles. The molecule has 19 heavy (non-hydrogen) atoms. The van der Waals surface area contributed by atoms with E-state index in [1.165, 1.54) is 0 Å². The van der Waals surface area contributed by atoms with E-state index in [2.05, 4.69) is 11.4 Å². The average molecular weight is 262 g/mol. The Bertz CT molecular complexity index is 480. The molecule has 2 N–H and O–H groups in total. The number of rotatable bonds is 7. The molecule has 0 aliphatic carbocycles. The number of aryl methyl sites for hydroxylation is 1. The SMILES string of the molecule is COCCCC(Nc1ccc(C)cc1C#N)C(=O)O. The summed E-state index contributed by atoms with van der Waals surface area (Å²) < 4.78 is 4.91. The summed E-state index contributed by atoms with van der Waals surface area (Å²) in [5.41, 5.74) is 1.98. The Balaban J connectivity index is 2.79.